The third-order valence-electron chi connectivity index (χ3n) is 3.76. The third-order valence-corrected chi connectivity index (χ3v) is 3.76. The molecule has 1 aliphatic heterocycles. The zero-order valence-corrected chi connectivity index (χ0v) is 8.70. The van der Waals surface area contributed by atoms with Crippen LogP contribution in [0.25, 0.3) is 0 Å². The first-order valence-electron chi connectivity index (χ1n) is 5.66. The Bertz CT molecular complexity index is 374. The van der Waals surface area contributed by atoms with Gasteiger partial charge in [0.1, 0.15) is 0 Å². The Morgan fingerprint density at radius 1 is 1.00 bits per heavy atom. The van der Waals surface area contributed by atoms with Crippen LogP contribution in [0.3, 0.4) is 0 Å². The Morgan fingerprint density at radius 2 is 1.67 bits per heavy atom. The summed E-state index contributed by atoms with van der Waals surface area (Å²) in [5, 5.41) is 2.93. The van der Waals surface area contributed by atoms with Gasteiger partial charge in [0.05, 0.1) is 0 Å². The predicted molar refractivity (Wildman–Crippen MR) is 58.5 cm³/mol. The molecule has 1 saturated heterocycles. The van der Waals surface area contributed by atoms with Gasteiger partial charge in [-0.2, -0.15) is 0 Å². The van der Waals surface area contributed by atoms with E-state index in [1.54, 1.807) is 0 Å². The highest BCUT2D eigenvalue weighted by atomic mass is 16.1. The molecule has 1 amide bonds. The standard InChI is InChI=1S/C13H15NO/c15-13-7-12(8-14-13)11-5-9-3-1-2-4-10(9)6-11/h1-4,11-12H,5-8H2,(H,14,15). The number of carbonyl (C=O) groups is 1. The van der Waals surface area contributed by atoms with Gasteiger partial charge >= 0.3 is 0 Å². The Morgan fingerprint density at radius 3 is 2.20 bits per heavy atom. The summed E-state index contributed by atoms with van der Waals surface area (Å²) in [7, 11) is 0. The molecule has 3 rings (SSSR count). The second kappa shape index (κ2) is 3.37. The Balaban J connectivity index is 1.76. The van der Waals surface area contributed by atoms with Gasteiger partial charge in [-0.05, 0) is 35.8 Å². The first-order valence-corrected chi connectivity index (χ1v) is 5.66. The molecule has 0 spiro atoms. The lowest BCUT2D eigenvalue weighted by Crippen LogP contribution is -2.18. The average molecular weight is 201 g/mol. The quantitative estimate of drug-likeness (QED) is 0.733. The molecule has 2 heteroatoms. The van der Waals surface area contributed by atoms with Crippen LogP contribution in [0.2, 0.25) is 0 Å². The van der Waals surface area contributed by atoms with E-state index in [9.17, 15) is 4.79 Å². The van der Waals surface area contributed by atoms with E-state index in [1.807, 2.05) is 0 Å². The van der Waals surface area contributed by atoms with Gasteiger partial charge in [-0.25, -0.2) is 0 Å². The van der Waals surface area contributed by atoms with Crippen molar-refractivity contribution in [2.45, 2.75) is 19.3 Å². The molecule has 1 aromatic carbocycles. The molecule has 2 aliphatic rings. The Hall–Kier alpha value is -1.31. The smallest absolute Gasteiger partial charge is 0.220 e. The van der Waals surface area contributed by atoms with Gasteiger partial charge in [-0.3, -0.25) is 4.79 Å². The monoisotopic (exact) mass is 201 g/mol. The van der Waals surface area contributed by atoms with E-state index in [0.717, 1.165) is 25.8 Å². The lowest BCUT2D eigenvalue weighted by Gasteiger charge is -2.14. The minimum Gasteiger partial charge on any atom is -0.356 e. The van der Waals surface area contributed by atoms with Gasteiger partial charge in [0.15, 0.2) is 0 Å². The van der Waals surface area contributed by atoms with Crippen LogP contribution in [0.15, 0.2) is 24.3 Å². The minimum atomic E-state index is 0.232. The fourth-order valence-electron chi connectivity index (χ4n) is 2.89. The van der Waals surface area contributed by atoms with Crippen LogP contribution >= 0.6 is 0 Å². The van der Waals surface area contributed by atoms with Crippen molar-refractivity contribution in [3.63, 3.8) is 0 Å². The summed E-state index contributed by atoms with van der Waals surface area (Å²) in [6.45, 7) is 0.886. The number of fused-ring (bicyclic) bond motifs is 1. The number of amides is 1. The van der Waals surface area contributed by atoms with Crippen LogP contribution < -0.4 is 5.32 Å². The number of benzene rings is 1. The molecule has 15 heavy (non-hydrogen) atoms. The van der Waals surface area contributed by atoms with Crippen molar-refractivity contribution in [2.75, 3.05) is 6.54 Å². The van der Waals surface area contributed by atoms with Crippen LogP contribution in [0, 0.1) is 11.8 Å². The largest absolute Gasteiger partial charge is 0.356 e. The second-order valence-electron chi connectivity index (χ2n) is 4.71. The topological polar surface area (TPSA) is 29.1 Å². The molecular weight excluding hydrogens is 186 g/mol. The van der Waals surface area contributed by atoms with Gasteiger partial charge in [0, 0.05) is 13.0 Å². The van der Waals surface area contributed by atoms with E-state index >= 15 is 0 Å². The molecule has 1 aliphatic carbocycles. The second-order valence-corrected chi connectivity index (χ2v) is 4.71. The van der Waals surface area contributed by atoms with E-state index in [0.29, 0.717) is 11.8 Å². The summed E-state index contributed by atoms with van der Waals surface area (Å²) in [4.78, 5) is 11.2. The van der Waals surface area contributed by atoms with E-state index in [-0.39, 0.29) is 5.91 Å². The fraction of sp³-hybridized carbons (Fsp3) is 0.462. The summed E-state index contributed by atoms with van der Waals surface area (Å²) in [5.74, 6) is 1.47. The zero-order chi connectivity index (χ0) is 10.3. The summed E-state index contributed by atoms with van der Waals surface area (Å²) in [5.41, 5.74) is 2.98. The Kier molecular flexibility index (Phi) is 2.01. The Labute approximate surface area is 89.7 Å². The van der Waals surface area contributed by atoms with E-state index in [1.165, 1.54) is 11.1 Å². The molecule has 1 N–H and O–H groups in total. The molecule has 0 aromatic heterocycles. The number of rotatable bonds is 1. The highest BCUT2D eigenvalue weighted by Gasteiger charge is 2.33. The van der Waals surface area contributed by atoms with Crippen LogP contribution in [0.5, 0.6) is 0 Å². The van der Waals surface area contributed by atoms with Crippen molar-refractivity contribution in [2.24, 2.45) is 11.8 Å². The molecule has 2 nitrogen and oxygen atoms in total. The lowest BCUT2D eigenvalue weighted by molar-refractivity contribution is -0.119. The molecule has 1 unspecified atom stereocenters. The molecule has 1 aromatic rings. The number of carbonyl (C=O) groups excluding carboxylic acids is 1. The minimum absolute atomic E-state index is 0.232. The first kappa shape index (κ1) is 8.96. The lowest BCUT2D eigenvalue weighted by atomic mass is 9.89. The predicted octanol–water partition coefficient (Wildman–Crippen LogP) is 1.54. The normalized spacial score (nSPS) is 25.3. The summed E-state index contributed by atoms with van der Waals surface area (Å²) < 4.78 is 0. The van der Waals surface area contributed by atoms with Gasteiger partial charge in [-0.1, -0.05) is 24.3 Å². The molecular formula is C13H15NO. The molecule has 0 saturated carbocycles. The van der Waals surface area contributed by atoms with Crippen LogP contribution in [0.4, 0.5) is 0 Å². The maximum Gasteiger partial charge on any atom is 0.220 e. The van der Waals surface area contributed by atoms with Crippen LogP contribution in [-0.2, 0) is 17.6 Å². The van der Waals surface area contributed by atoms with Crippen LogP contribution in [0.1, 0.15) is 17.5 Å². The van der Waals surface area contributed by atoms with Gasteiger partial charge < -0.3 is 5.32 Å². The molecule has 0 radical (unpaired) electrons. The molecule has 1 atom stereocenters. The highest BCUT2D eigenvalue weighted by molar-refractivity contribution is 5.78. The average Bonchev–Trinajstić information content (AvgIpc) is 2.82. The molecule has 1 fully saturated rings. The summed E-state index contributed by atoms with van der Waals surface area (Å²) >= 11 is 0. The summed E-state index contributed by atoms with van der Waals surface area (Å²) in [6, 6.07) is 8.66. The summed E-state index contributed by atoms with van der Waals surface area (Å²) in [6.07, 6.45) is 3.06. The van der Waals surface area contributed by atoms with Gasteiger partial charge in [-0.15, -0.1) is 0 Å². The number of nitrogens with one attached hydrogen (secondary N) is 1. The fourth-order valence-corrected chi connectivity index (χ4v) is 2.89. The van der Waals surface area contributed by atoms with Crippen molar-refractivity contribution < 1.29 is 4.79 Å². The van der Waals surface area contributed by atoms with Crippen LogP contribution in [-0.4, -0.2) is 12.5 Å². The SMILES string of the molecule is O=C1CC(C2Cc3ccccc3C2)CN1. The first-order chi connectivity index (χ1) is 7.33. The van der Waals surface area contributed by atoms with Crippen molar-refractivity contribution in [3.8, 4) is 0 Å². The molecule has 1 heterocycles. The highest BCUT2D eigenvalue weighted by Crippen LogP contribution is 2.33. The van der Waals surface area contributed by atoms with Crippen molar-refractivity contribution in [1.82, 2.24) is 5.32 Å². The zero-order valence-electron chi connectivity index (χ0n) is 8.70. The maximum absolute atomic E-state index is 11.2. The maximum atomic E-state index is 11.2. The third kappa shape index (κ3) is 1.54. The molecule has 0 bridgehead atoms. The van der Waals surface area contributed by atoms with Crippen molar-refractivity contribution in [1.29, 1.82) is 0 Å². The van der Waals surface area contributed by atoms with Crippen molar-refractivity contribution >= 4 is 5.91 Å². The number of hydrogen-bond donors (Lipinski definition) is 1. The van der Waals surface area contributed by atoms with Crippen molar-refractivity contribution in [3.05, 3.63) is 35.4 Å². The van der Waals surface area contributed by atoms with E-state index < -0.39 is 0 Å². The van der Waals surface area contributed by atoms with E-state index in [2.05, 4.69) is 29.6 Å². The molecule has 78 valence electrons. The van der Waals surface area contributed by atoms with Gasteiger partial charge in [0.2, 0.25) is 5.91 Å². The van der Waals surface area contributed by atoms with E-state index in [4.69, 9.17) is 0 Å². The van der Waals surface area contributed by atoms with Gasteiger partial charge in [0.25, 0.3) is 0 Å². The number of hydrogen-bond acceptors (Lipinski definition) is 1.